The van der Waals surface area contributed by atoms with Crippen LogP contribution in [0.3, 0.4) is 0 Å². The highest BCUT2D eigenvalue weighted by Gasteiger charge is 2.23. The Morgan fingerprint density at radius 3 is 2.44 bits per heavy atom. The number of pyridine rings is 1. The van der Waals surface area contributed by atoms with Crippen LogP contribution < -0.4 is 9.64 Å². The van der Waals surface area contributed by atoms with Gasteiger partial charge in [0.2, 0.25) is 0 Å². The molecule has 8 nitrogen and oxygen atoms in total. The number of ether oxygens (including phenoxy) is 3. The average Bonchev–Trinajstić information content (AvgIpc) is 3.37. The first-order valence-electron chi connectivity index (χ1n) is 11.2. The molecule has 0 spiro atoms. The maximum absolute atomic E-state index is 12.9. The summed E-state index contributed by atoms with van der Waals surface area (Å²) in [5.74, 6) is 1.18. The van der Waals surface area contributed by atoms with Crippen LogP contribution in [-0.2, 0) is 9.47 Å². The fourth-order valence-corrected chi connectivity index (χ4v) is 3.89. The molecule has 8 heteroatoms. The Morgan fingerprint density at radius 1 is 1.06 bits per heavy atom. The molecule has 0 aliphatic carbocycles. The van der Waals surface area contributed by atoms with Crippen LogP contribution in [-0.4, -0.2) is 73.9 Å². The Hall–Kier alpha value is -3.13. The number of benzene rings is 1. The third-order valence-corrected chi connectivity index (χ3v) is 5.71. The van der Waals surface area contributed by atoms with Gasteiger partial charge >= 0.3 is 5.97 Å². The van der Waals surface area contributed by atoms with Crippen LogP contribution >= 0.6 is 0 Å². The van der Waals surface area contributed by atoms with Crippen LogP contribution in [0.4, 0.5) is 5.82 Å². The lowest BCUT2D eigenvalue weighted by atomic mass is 10.1. The summed E-state index contributed by atoms with van der Waals surface area (Å²) in [6, 6.07) is 10.9. The fourth-order valence-electron chi connectivity index (χ4n) is 3.89. The average molecular weight is 440 g/mol. The Bertz CT molecular complexity index is 902. The quantitative estimate of drug-likeness (QED) is 0.614. The Balaban J connectivity index is 1.27. The zero-order valence-electron chi connectivity index (χ0n) is 18.4. The number of carbonyl (C=O) groups excluding carboxylic acids is 2. The molecule has 1 atom stereocenters. The molecule has 32 heavy (non-hydrogen) atoms. The summed E-state index contributed by atoms with van der Waals surface area (Å²) in [5.41, 5.74) is 1.09. The number of piperazine rings is 1. The molecule has 1 amide bonds. The van der Waals surface area contributed by atoms with Gasteiger partial charge in [0.15, 0.2) is 0 Å². The molecule has 2 aliphatic heterocycles. The molecule has 4 rings (SSSR count). The number of anilines is 1. The standard InChI is InChI=1S/C24H29N3O5/c1-2-30-24(29)19-7-10-22(25-16-19)26-11-13-27(14-12-26)23(28)18-5-8-20(9-6-18)32-17-21-4-3-15-31-21/h5-10,16,21H,2-4,11-15,17H2,1H3. The van der Waals surface area contributed by atoms with Gasteiger partial charge in [-0.2, -0.15) is 0 Å². The van der Waals surface area contributed by atoms with E-state index in [-0.39, 0.29) is 18.0 Å². The highest BCUT2D eigenvalue weighted by molar-refractivity contribution is 5.94. The topological polar surface area (TPSA) is 81.2 Å². The van der Waals surface area contributed by atoms with Crippen molar-refractivity contribution in [2.24, 2.45) is 0 Å². The monoisotopic (exact) mass is 439 g/mol. The second-order valence-electron chi connectivity index (χ2n) is 7.88. The molecule has 0 bridgehead atoms. The van der Waals surface area contributed by atoms with E-state index in [1.807, 2.05) is 35.2 Å². The molecule has 3 heterocycles. The minimum atomic E-state index is -0.370. The number of nitrogens with zero attached hydrogens (tertiary/aromatic N) is 3. The summed E-state index contributed by atoms with van der Waals surface area (Å²) >= 11 is 0. The van der Waals surface area contributed by atoms with E-state index in [9.17, 15) is 9.59 Å². The molecule has 2 fully saturated rings. The van der Waals surface area contributed by atoms with Gasteiger partial charge in [-0.1, -0.05) is 0 Å². The maximum Gasteiger partial charge on any atom is 0.339 e. The van der Waals surface area contributed by atoms with E-state index in [0.717, 1.165) is 31.0 Å². The molecule has 2 saturated heterocycles. The van der Waals surface area contributed by atoms with Gasteiger partial charge in [0, 0.05) is 44.5 Å². The summed E-state index contributed by atoms with van der Waals surface area (Å²) in [4.78, 5) is 33.0. The van der Waals surface area contributed by atoms with Crippen LogP contribution in [0.2, 0.25) is 0 Å². The van der Waals surface area contributed by atoms with Crippen LogP contribution in [0.25, 0.3) is 0 Å². The smallest absolute Gasteiger partial charge is 0.339 e. The molecule has 1 aromatic heterocycles. The minimum Gasteiger partial charge on any atom is -0.491 e. The van der Waals surface area contributed by atoms with Crippen molar-refractivity contribution in [1.82, 2.24) is 9.88 Å². The van der Waals surface area contributed by atoms with Crippen molar-refractivity contribution in [3.63, 3.8) is 0 Å². The molecule has 2 aliphatic rings. The van der Waals surface area contributed by atoms with Crippen LogP contribution in [0.5, 0.6) is 5.75 Å². The van der Waals surface area contributed by atoms with E-state index < -0.39 is 0 Å². The van der Waals surface area contributed by atoms with Crippen molar-refractivity contribution in [3.05, 3.63) is 53.7 Å². The second-order valence-corrected chi connectivity index (χ2v) is 7.88. The van der Waals surface area contributed by atoms with Crippen molar-refractivity contribution >= 4 is 17.7 Å². The number of rotatable bonds is 7. The number of hydrogen-bond donors (Lipinski definition) is 0. The first-order valence-corrected chi connectivity index (χ1v) is 11.2. The van der Waals surface area contributed by atoms with E-state index in [2.05, 4.69) is 9.88 Å². The largest absolute Gasteiger partial charge is 0.491 e. The highest BCUT2D eigenvalue weighted by Crippen LogP contribution is 2.19. The van der Waals surface area contributed by atoms with Gasteiger partial charge in [0.1, 0.15) is 18.2 Å². The van der Waals surface area contributed by atoms with Crippen molar-refractivity contribution in [2.45, 2.75) is 25.9 Å². The van der Waals surface area contributed by atoms with E-state index in [4.69, 9.17) is 14.2 Å². The van der Waals surface area contributed by atoms with Gasteiger partial charge in [0.25, 0.3) is 5.91 Å². The van der Waals surface area contributed by atoms with E-state index in [1.54, 1.807) is 13.0 Å². The Morgan fingerprint density at radius 2 is 1.81 bits per heavy atom. The third-order valence-electron chi connectivity index (χ3n) is 5.71. The molecule has 1 unspecified atom stereocenters. The lowest BCUT2D eigenvalue weighted by molar-refractivity contribution is 0.0525. The first kappa shape index (κ1) is 22.1. The number of esters is 1. The highest BCUT2D eigenvalue weighted by atomic mass is 16.5. The van der Waals surface area contributed by atoms with Gasteiger partial charge in [-0.05, 0) is 56.2 Å². The molecule has 170 valence electrons. The predicted octanol–water partition coefficient (Wildman–Crippen LogP) is 2.78. The summed E-state index contributed by atoms with van der Waals surface area (Å²) in [7, 11) is 0. The Labute approximate surface area is 188 Å². The normalized spacial score (nSPS) is 18.5. The minimum absolute atomic E-state index is 0.0148. The van der Waals surface area contributed by atoms with Gasteiger partial charge in [-0.15, -0.1) is 0 Å². The van der Waals surface area contributed by atoms with Crippen molar-refractivity contribution < 1.29 is 23.8 Å². The predicted molar refractivity (Wildman–Crippen MR) is 119 cm³/mol. The van der Waals surface area contributed by atoms with Gasteiger partial charge < -0.3 is 24.0 Å². The lowest BCUT2D eigenvalue weighted by Crippen LogP contribution is -2.49. The molecule has 1 aromatic carbocycles. The second kappa shape index (κ2) is 10.5. The number of aromatic nitrogens is 1. The first-order chi connectivity index (χ1) is 15.6. The van der Waals surface area contributed by atoms with Gasteiger partial charge in [0.05, 0.1) is 18.3 Å². The summed E-state index contributed by atoms with van der Waals surface area (Å²) < 4.78 is 16.3. The SMILES string of the molecule is CCOC(=O)c1ccc(N2CCN(C(=O)c3ccc(OCC4CCCO4)cc3)CC2)nc1. The number of carbonyl (C=O) groups is 2. The van der Waals surface area contributed by atoms with Crippen molar-refractivity contribution in [1.29, 1.82) is 0 Å². The summed E-state index contributed by atoms with van der Waals surface area (Å²) in [5, 5.41) is 0. The Kier molecular flexibility index (Phi) is 7.21. The summed E-state index contributed by atoms with van der Waals surface area (Å²) in [6.45, 7) is 6.04. The zero-order chi connectivity index (χ0) is 22.3. The fraction of sp³-hybridized carbons (Fsp3) is 0.458. The van der Waals surface area contributed by atoms with Crippen LogP contribution in [0, 0.1) is 0 Å². The molecular formula is C24H29N3O5. The molecule has 0 radical (unpaired) electrons. The number of hydrogen-bond acceptors (Lipinski definition) is 7. The van der Waals surface area contributed by atoms with Crippen molar-refractivity contribution in [3.8, 4) is 5.75 Å². The molecular weight excluding hydrogens is 410 g/mol. The lowest BCUT2D eigenvalue weighted by Gasteiger charge is -2.35. The van der Waals surface area contributed by atoms with E-state index >= 15 is 0 Å². The van der Waals surface area contributed by atoms with E-state index in [1.165, 1.54) is 6.20 Å². The molecule has 0 saturated carbocycles. The number of amides is 1. The van der Waals surface area contributed by atoms with E-state index in [0.29, 0.717) is 50.5 Å². The van der Waals surface area contributed by atoms with Gasteiger partial charge in [-0.25, -0.2) is 9.78 Å². The maximum atomic E-state index is 12.9. The van der Waals surface area contributed by atoms with Gasteiger partial charge in [-0.3, -0.25) is 4.79 Å². The third kappa shape index (κ3) is 5.37. The molecule has 2 aromatic rings. The van der Waals surface area contributed by atoms with Crippen molar-refractivity contribution in [2.75, 3.05) is 50.9 Å². The van der Waals surface area contributed by atoms with Crippen LogP contribution in [0.15, 0.2) is 42.6 Å². The van der Waals surface area contributed by atoms with Crippen LogP contribution in [0.1, 0.15) is 40.5 Å². The zero-order valence-corrected chi connectivity index (χ0v) is 18.4. The molecule has 0 N–H and O–H groups in total. The summed E-state index contributed by atoms with van der Waals surface area (Å²) in [6.07, 6.45) is 3.83.